The highest BCUT2D eigenvalue weighted by atomic mass is 19.1. The number of halogens is 1. The molecular weight excluding hydrogens is 503 g/mol. The Bertz CT molecular complexity index is 1280. The fourth-order valence-corrected chi connectivity index (χ4v) is 4.53. The Kier molecular flexibility index (Phi) is 9.30. The van der Waals surface area contributed by atoms with Gasteiger partial charge in [-0.05, 0) is 62.2 Å². The molecule has 0 saturated carbocycles. The Labute approximate surface area is 227 Å². The molecule has 10 heteroatoms. The van der Waals surface area contributed by atoms with E-state index in [1.165, 1.54) is 19.2 Å². The monoisotopic (exact) mass is 536 g/mol. The molecule has 2 heterocycles. The number of esters is 2. The van der Waals surface area contributed by atoms with Crippen molar-refractivity contribution in [2.45, 2.75) is 32.6 Å². The number of carbonyl (C=O) groups is 3. The predicted molar refractivity (Wildman–Crippen MR) is 144 cm³/mol. The smallest absolute Gasteiger partial charge is 0.358 e. The fraction of sp³-hybridized carbons (Fsp3) is 0.379. The van der Waals surface area contributed by atoms with Gasteiger partial charge in [0.2, 0.25) is 5.91 Å². The number of unbranched alkanes of at least 4 members (excludes halogenated alkanes) is 1. The van der Waals surface area contributed by atoms with E-state index in [-0.39, 0.29) is 30.0 Å². The van der Waals surface area contributed by atoms with Crippen molar-refractivity contribution >= 4 is 23.5 Å². The molecule has 0 spiro atoms. The number of piperazine rings is 1. The molecule has 4 rings (SSSR count). The van der Waals surface area contributed by atoms with Gasteiger partial charge in [-0.1, -0.05) is 12.1 Å². The van der Waals surface area contributed by atoms with Gasteiger partial charge in [-0.3, -0.25) is 9.59 Å². The maximum absolute atomic E-state index is 13.5. The normalized spacial score (nSPS) is 13.3. The zero-order chi connectivity index (χ0) is 27.8. The topological polar surface area (TPSA) is 94.0 Å². The number of ether oxygens (including phenoxy) is 2. The van der Waals surface area contributed by atoms with Gasteiger partial charge in [0.1, 0.15) is 5.82 Å². The van der Waals surface area contributed by atoms with Crippen LogP contribution in [0.15, 0.2) is 54.6 Å². The molecule has 39 heavy (non-hydrogen) atoms. The van der Waals surface area contributed by atoms with Gasteiger partial charge in [0, 0.05) is 50.3 Å². The Morgan fingerprint density at radius 1 is 0.897 bits per heavy atom. The van der Waals surface area contributed by atoms with E-state index in [9.17, 15) is 18.8 Å². The van der Waals surface area contributed by atoms with Crippen molar-refractivity contribution in [1.82, 2.24) is 14.7 Å². The molecule has 206 valence electrons. The van der Waals surface area contributed by atoms with Crippen LogP contribution in [0.1, 0.15) is 43.1 Å². The van der Waals surface area contributed by atoms with E-state index in [0.717, 1.165) is 11.3 Å². The van der Waals surface area contributed by atoms with Crippen molar-refractivity contribution in [2.75, 3.05) is 44.8 Å². The van der Waals surface area contributed by atoms with Crippen molar-refractivity contribution in [3.8, 4) is 16.9 Å². The lowest BCUT2D eigenvalue weighted by molar-refractivity contribution is -0.141. The lowest BCUT2D eigenvalue weighted by Crippen LogP contribution is -2.48. The van der Waals surface area contributed by atoms with E-state index in [4.69, 9.17) is 4.74 Å². The molecule has 3 aromatic rings. The lowest BCUT2D eigenvalue weighted by Gasteiger charge is -2.36. The van der Waals surface area contributed by atoms with Gasteiger partial charge in [0.15, 0.2) is 5.69 Å². The van der Waals surface area contributed by atoms with Crippen molar-refractivity contribution in [2.24, 2.45) is 0 Å². The van der Waals surface area contributed by atoms with E-state index < -0.39 is 5.97 Å². The number of amides is 1. The van der Waals surface area contributed by atoms with Gasteiger partial charge in [-0.25, -0.2) is 13.9 Å². The van der Waals surface area contributed by atoms with Gasteiger partial charge < -0.3 is 19.3 Å². The first-order valence-corrected chi connectivity index (χ1v) is 13.1. The summed E-state index contributed by atoms with van der Waals surface area (Å²) in [4.78, 5) is 40.2. The number of nitrogens with zero attached hydrogens (tertiary/aromatic N) is 4. The van der Waals surface area contributed by atoms with Gasteiger partial charge in [-0.15, -0.1) is 0 Å². The molecule has 1 amide bonds. The van der Waals surface area contributed by atoms with Crippen molar-refractivity contribution in [3.05, 3.63) is 66.1 Å². The van der Waals surface area contributed by atoms with Crippen LogP contribution in [0.2, 0.25) is 0 Å². The lowest BCUT2D eigenvalue weighted by atomic mass is 10.1. The number of hydrogen-bond acceptors (Lipinski definition) is 7. The minimum Gasteiger partial charge on any atom is -0.469 e. The van der Waals surface area contributed by atoms with E-state index in [1.807, 2.05) is 29.2 Å². The zero-order valence-electron chi connectivity index (χ0n) is 22.3. The number of hydrogen-bond donors (Lipinski definition) is 0. The summed E-state index contributed by atoms with van der Waals surface area (Å²) in [5, 5.41) is 4.43. The van der Waals surface area contributed by atoms with Gasteiger partial charge in [0.25, 0.3) is 0 Å². The van der Waals surface area contributed by atoms with E-state index >= 15 is 0 Å². The summed E-state index contributed by atoms with van der Waals surface area (Å²) in [6.45, 7) is 4.68. The van der Waals surface area contributed by atoms with Crippen molar-refractivity contribution in [3.63, 3.8) is 0 Å². The fourth-order valence-electron chi connectivity index (χ4n) is 4.53. The number of methoxy groups -OCH3 is 1. The quantitative estimate of drug-likeness (QED) is 0.283. The van der Waals surface area contributed by atoms with E-state index in [2.05, 4.69) is 14.7 Å². The SMILES string of the molecule is CCOC(=O)c1cc(-c2ccc(N3CCN(C(=O)CCCCC(=O)OC)CC3)cc2)n(-c2ccc(F)cc2)n1. The van der Waals surface area contributed by atoms with E-state index in [1.54, 1.807) is 29.8 Å². The average molecular weight is 537 g/mol. The molecule has 1 aromatic heterocycles. The molecule has 0 atom stereocenters. The van der Waals surface area contributed by atoms with Gasteiger partial charge in [-0.2, -0.15) is 5.10 Å². The summed E-state index contributed by atoms with van der Waals surface area (Å²) in [6, 6.07) is 15.5. The van der Waals surface area contributed by atoms with Crippen LogP contribution in [0.5, 0.6) is 0 Å². The largest absolute Gasteiger partial charge is 0.469 e. The molecule has 0 unspecified atom stereocenters. The summed E-state index contributed by atoms with van der Waals surface area (Å²) >= 11 is 0. The summed E-state index contributed by atoms with van der Waals surface area (Å²) < 4.78 is 24.9. The Balaban J connectivity index is 1.41. The van der Waals surface area contributed by atoms with Gasteiger partial charge >= 0.3 is 11.9 Å². The van der Waals surface area contributed by atoms with Crippen LogP contribution in [0.4, 0.5) is 10.1 Å². The van der Waals surface area contributed by atoms with Gasteiger partial charge in [0.05, 0.1) is 25.1 Å². The molecular formula is C29H33FN4O5. The first-order chi connectivity index (χ1) is 18.9. The third kappa shape index (κ3) is 7.01. The van der Waals surface area contributed by atoms with Crippen LogP contribution in [-0.2, 0) is 19.1 Å². The molecule has 0 aliphatic carbocycles. The Morgan fingerprint density at radius 3 is 2.18 bits per heavy atom. The van der Waals surface area contributed by atoms with Crippen molar-refractivity contribution < 1.29 is 28.2 Å². The second-order valence-corrected chi connectivity index (χ2v) is 9.22. The van der Waals surface area contributed by atoms with Crippen LogP contribution in [0.25, 0.3) is 16.9 Å². The molecule has 1 aliphatic rings. The number of aromatic nitrogens is 2. The van der Waals surface area contributed by atoms with Crippen LogP contribution in [0.3, 0.4) is 0 Å². The maximum Gasteiger partial charge on any atom is 0.358 e. The number of benzene rings is 2. The van der Waals surface area contributed by atoms with E-state index in [0.29, 0.717) is 63.2 Å². The van der Waals surface area contributed by atoms with Crippen molar-refractivity contribution in [1.29, 1.82) is 0 Å². The number of anilines is 1. The first kappa shape index (κ1) is 27.8. The molecule has 1 saturated heterocycles. The standard InChI is InChI=1S/C29H33FN4O5/c1-3-39-29(37)25-20-26(34(31-25)24-14-10-22(30)11-15-24)21-8-12-23(13-9-21)32-16-18-33(19-17-32)27(35)6-4-5-7-28(36)38-2/h8-15,20H,3-7,16-19H2,1-2H3. The highest BCUT2D eigenvalue weighted by molar-refractivity contribution is 5.89. The summed E-state index contributed by atoms with van der Waals surface area (Å²) in [7, 11) is 1.37. The molecule has 0 radical (unpaired) electrons. The minimum atomic E-state index is -0.521. The predicted octanol–water partition coefficient (Wildman–Crippen LogP) is 4.24. The summed E-state index contributed by atoms with van der Waals surface area (Å²) in [5.74, 6) is -1.02. The Morgan fingerprint density at radius 2 is 1.54 bits per heavy atom. The third-order valence-electron chi connectivity index (χ3n) is 6.67. The first-order valence-electron chi connectivity index (χ1n) is 13.1. The summed E-state index contributed by atoms with van der Waals surface area (Å²) in [6.07, 6.45) is 2.08. The minimum absolute atomic E-state index is 0.112. The molecule has 2 aromatic carbocycles. The second kappa shape index (κ2) is 13.0. The summed E-state index contributed by atoms with van der Waals surface area (Å²) in [5.41, 5.74) is 3.34. The second-order valence-electron chi connectivity index (χ2n) is 9.22. The van der Waals surface area contributed by atoms with Crippen LogP contribution >= 0.6 is 0 Å². The van der Waals surface area contributed by atoms with Crippen LogP contribution < -0.4 is 4.90 Å². The van der Waals surface area contributed by atoms with Crippen LogP contribution in [0, 0.1) is 5.82 Å². The molecule has 1 aliphatic heterocycles. The maximum atomic E-state index is 13.5. The zero-order valence-corrected chi connectivity index (χ0v) is 22.3. The Hall–Kier alpha value is -4.21. The number of carbonyl (C=O) groups excluding carboxylic acids is 3. The van der Waals surface area contributed by atoms with Crippen LogP contribution in [-0.4, -0.2) is 72.4 Å². The molecule has 1 fully saturated rings. The average Bonchev–Trinajstić information content (AvgIpc) is 3.41. The highest BCUT2D eigenvalue weighted by Gasteiger charge is 2.22. The number of rotatable bonds is 10. The molecule has 0 N–H and O–H groups in total. The molecule has 0 bridgehead atoms. The third-order valence-corrected chi connectivity index (χ3v) is 6.67. The molecule has 9 nitrogen and oxygen atoms in total. The highest BCUT2D eigenvalue weighted by Crippen LogP contribution is 2.27.